The normalized spacial score (nSPS) is 18.1. The van der Waals surface area contributed by atoms with E-state index in [4.69, 9.17) is 4.74 Å². The minimum Gasteiger partial charge on any atom is -0.495 e. The van der Waals surface area contributed by atoms with E-state index in [1.807, 2.05) is 6.07 Å². The van der Waals surface area contributed by atoms with Gasteiger partial charge in [0.2, 0.25) is 0 Å². The highest BCUT2D eigenvalue weighted by atomic mass is 19.3. The predicted molar refractivity (Wildman–Crippen MR) is 128 cm³/mol. The molecule has 2 amide bonds. The van der Waals surface area contributed by atoms with Crippen molar-refractivity contribution in [1.29, 1.82) is 5.26 Å². The van der Waals surface area contributed by atoms with E-state index in [-0.39, 0.29) is 36.2 Å². The maximum atomic E-state index is 14.5. The van der Waals surface area contributed by atoms with Crippen LogP contribution >= 0.6 is 0 Å². The number of alkyl halides is 3. The number of nitriles is 1. The number of nitrogens with zero attached hydrogens (tertiary/aromatic N) is 4. The summed E-state index contributed by atoms with van der Waals surface area (Å²) >= 11 is 0. The average Bonchev–Trinajstić information content (AvgIpc) is 3.50. The molecule has 8 nitrogen and oxygen atoms in total. The topological polar surface area (TPSA) is 100 Å². The molecule has 1 N–H and O–H groups in total. The third-order valence-corrected chi connectivity index (χ3v) is 6.72. The molecule has 0 spiro atoms. The van der Waals surface area contributed by atoms with Gasteiger partial charge in [-0.3, -0.25) is 14.3 Å². The number of amides is 2. The minimum atomic E-state index is -3.61. The molecule has 1 aliphatic carbocycles. The molecule has 2 aliphatic rings. The minimum absolute atomic E-state index is 0.0208. The zero-order chi connectivity index (χ0) is 26.5. The summed E-state index contributed by atoms with van der Waals surface area (Å²) < 4.78 is 49.6. The number of hydrogen-bond donors (Lipinski definition) is 1. The van der Waals surface area contributed by atoms with Gasteiger partial charge in [-0.15, -0.1) is 0 Å². The second-order valence-electron chi connectivity index (χ2n) is 9.18. The maximum absolute atomic E-state index is 14.5. The fraction of sp³-hybridized carbons (Fsp3) is 0.308. The summed E-state index contributed by atoms with van der Waals surface area (Å²) in [5.74, 6) is -4.39. The standard InChI is InChI=1S/C26H22F3N5O3/c1-15-14-33-22(20(13-31-33)23(35)32-18-5-8-21(37-2)16(11-18)12-30)24(36)34(15)19-6-3-17(4-7-19)26(28,29)25(27)9-10-25/h3-8,11,13,15H,9-10,14H2,1-2H3,(H,32,35)/t15-/m0/s1. The van der Waals surface area contributed by atoms with Crippen LogP contribution in [0, 0.1) is 11.3 Å². The second-order valence-corrected chi connectivity index (χ2v) is 9.18. The molecule has 2 heterocycles. The fourth-order valence-corrected chi connectivity index (χ4v) is 4.52. The van der Waals surface area contributed by atoms with Gasteiger partial charge in [0.05, 0.1) is 37.0 Å². The summed E-state index contributed by atoms with van der Waals surface area (Å²) in [5.41, 5.74) is -2.01. The second kappa shape index (κ2) is 8.65. The van der Waals surface area contributed by atoms with E-state index >= 15 is 0 Å². The monoisotopic (exact) mass is 509 g/mol. The van der Waals surface area contributed by atoms with Crippen LogP contribution in [0.15, 0.2) is 48.7 Å². The Labute approximate surface area is 210 Å². The number of carbonyl (C=O) groups is 2. The van der Waals surface area contributed by atoms with Crippen LogP contribution in [0.3, 0.4) is 0 Å². The highest BCUT2D eigenvalue weighted by Crippen LogP contribution is 2.56. The largest absolute Gasteiger partial charge is 0.495 e. The van der Waals surface area contributed by atoms with Crippen LogP contribution in [-0.4, -0.2) is 40.4 Å². The summed E-state index contributed by atoms with van der Waals surface area (Å²) in [7, 11) is 1.43. The average molecular weight is 509 g/mol. The summed E-state index contributed by atoms with van der Waals surface area (Å²) in [5, 5.41) is 16.1. The number of ether oxygens (including phenoxy) is 1. The first-order chi connectivity index (χ1) is 17.6. The molecule has 1 fully saturated rings. The Kier molecular flexibility index (Phi) is 5.70. The maximum Gasteiger partial charge on any atom is 0.306 e. The molecule has 2 aromatic carbocycles. The molecule has 0 saturated heterocycles. The molecule has 5 rings (SSSR count). The van der Waals surface area contributed by atoms with Crippen molar-refractivity contribution in [3.05, 3.63) is 71.0 Å². The first-order valence-electron chi connectivity index (χ1n) is 11.6. The summed E-state index contributed by atoms with van der Waals surface area (Å²) in [6.45, 7) is 2.04. The molecule has 1 aliphatic heterocycles. The number of hydrogen-bond acceptors (Lipinski definition) is 5. The SMILES string of the molecule is COc1ccc(NC(=O)c2cnn3c2C(=O)N(c2ccc(C(F)(F)C4(F)CC4)cc2)[C@@H](C)C3)cc1C#N. The summed E-state index contributed by atoms with van der Waals surface area (Å²) in [4.78, 5) is 28.0. The third kappa shape index (κ3) is 3.98. The fourth-order valence-electron chi connectivity index (χ4n) is 4.52. The molecule has 0 unspecified atom stereocenters. The number of methoxy groups -OCH3 is 1. The molecule has 1 saturated carbocycles. The van der Waals surface area contributed by atoms with E-state index in [0.29, 0.717) is 17.1 Å². The van der Waals surface area contributed by atoms with Gasteiger partial charge in [0.15, 0.2) is 5.67 Å². The lowest BCUT2D eigenvalue weighted by molar-refractivity contribution is -0.0939. The van der Waals surface area contributed by atoms with E-state index in [1.165, 1.54) is 47.2 Å². The molecule has 1 aromatic heterocycles. The van der Waals surface area contributed by atoms with Gasteiger partial charge in [0.1, 0.15) is 17.5 Å². The molecule has 0 bridgehead atoms. The first kappa shape index (κ1) is 24.4. The van der Waals surface area contributed by atoms with E-state index in [2.05, 4.69) is 10.4 Å². The highest BCUT2D eigenvalue weighted by molar-refractivity contribution is 6.15. The molecule has 1 atom stereocenters. The van der Waals surface area contributed by atoms with Crippen molar-refractivity contribution in [2.75, 3.05) is 17.3 Å². The van der Waals surface area contributed by atoms with Crippen molar-refractivity contribution < 1.29 is 27.5 Å². The van der Waals surface area contributed by atoms with E-state index < -0.39 is 35.0 Å². The smallest absolute Gasteiger partial charge is 0.306 e. The molecule has 0 radical (unpaired) electrons. The molecular weight excluding hydrogens is 487 g/mol. The molecule has 11 heteroatoms. The van der Waals surface area contributed by atoms with Crippen molar-refractivity contribution in [3.8, 4) is 11.8 Å². The van der Waals surface area contributed by atoms with Crippen LogP contribution in [0.2, 0.25) is 0 Å². The van der Waals surface area contributed by atoms with E-state index in [9.17, 15) is 28.0 Å². The number of rotatable bonds is 6. The van der Waals surface area contributed by atoms with Gasteiger partial charge in [-0.1, -0.05) is 12.1 Å². The van der Waals surface area contributed by atoms with Crippen molar-refractivity contribution in [2.24, 2.45) is 0 Å². The number of nitrogens with one attached hydrogen (secondary N) is 1. The van der Waals surface area contributed by atoms with Crippen molar-refractivity contribution in [3.63, 3.8) is 0 Å². The number of fused-ring (bicyclic) bond motifs is 1. The third-order valence-electron chi connectivity index (χ3n) is 6.72. The molecular formula is C26H22F3N5O3. The van der Waals surface area contributed by atoms with Gasteiger partial charge in [0, 0.05) is 16.9 Å². The quantitative estimate of drug-likeness (QED) is 0.521. The number of carbonyl (C=O) groups excluding carboxylic acids is 2. The lowest BCUT2D eigenvalue weighted by Crippen LogP contribution is -2.47. The van der Waals surface area contributed by atoms with E-state index in [1.54, 1.807) is 13.0 Å². The number of benzene rings is 2. The Morgan fingerprint density at radius 2 is 1.95 bits per heavy atom. The molecule has 37 heavy (non-hydrogen) atoms. The van der Waals surface area contributed by atoms with Crippen LogP contribution in [0.4, 0.5) is 24.5 Å². The van der Waals surface area contributed by atoms with Gasteiger partial charge < -0.3 is 15.0 Å². The molecule has 190 valence electrons. The Bertz CT molecular complexity index is 1440. The summed E-state index contributed by atoms with van der Waals surface area (Å²) in [6, 6.07) is 11.1. The zero-order valence-corrected chi connectivity index (χ0v) is 20.0. The van der Waals surface area contributed by atoms with Gasteiger partial charge >= 0.3 is 5.92 Å². The number of aromatic nitrogens is 2. The number of halogens is 3. The van der Waals surface area contributed by atoms with Crippen molar-refractivity contribution in [1.82, 2.24) is 9.78 Å². The summed E-state index contributed by atoms with van der Waals surface area (Å²) in [6.07, 6.45) is 0.909. The van der Waals surface area contributed by atoms with Gasteiger partial charge in [0.25, 0.3) is 11.8 Å². The Balaban J connectivity index is 1.41. The van der Waals surface area contributed by atoms with Crippen LogP contribution in [0.1, 0.15) is 51.7 Å². The van der Waals surface area contributed by atoms with Crippen molar-refractivity contribution >= 4 is 23.2 Å². The number of anilines is 2. The van der Waals surface area contributed by atoms with Gasteiger partial charge in [-0.2, -0.15) is 19.1 Å². The zero-order valence-electron chi connectivity index (χ0n) is 20.0. The van der Waals surface area contributed by atoms with Gasteiger partial charge in [-0.25, -0.2) is 4.39 Å². The lowest BCUT2D eigenvalue weighted by atomic mass is 10.0. The Morgan fingerprint density at radius 1 is 1.24 bits per heavy atom. The Morgan fingerprint density at radius 3 is 2.57 bits per heavy atom. The molecule has 3 aromatic rings. The first-order valence-corrected chi connectivity index (χ1v) is 11.6. The Hall–Kier alpha value is -4.33. The van der Waals surface area contributed by atoms with Crippen molar-refractivity contribution in [2.45, 2.75) is 43.9 Å². The predicted octanol–water partition coefficient (Wildman–Crippen LogP) is 4.66. The highest BCUT2D eigenvalue weighted by Gasteiger charge is 2.64. The van der Waals surface area contributed by atoms with Gasteiger partial charge in [-0.05, 0) is 50.1 Å². The lowest BCUT2D eigenvalue weighted by Gasteiger charge is -2.34. The van der Waals surface area contributed by atoms with Crippen LogP contribution in [0.5, 0.6) is 5.75 Å². The van der Waals surface area contributed by atoms with E-state index in [0.717, 1.165) is 12.1 Å². The van der Waals surface area contributed by atoms with Crippen LogP contribution < -0.4 is 15.0 Å². The van der Waals surface area contributed by atoms with Crippen LogP contribution in [0.25, 0.3) is 0 Å². The van der Waals surface area contributed by atoms with Crippen LogP contribution in [-0.2, 0) is 12.5 Å².